The molecule has 2 saturated heterocycles. The molecule has 1 aromatic heterocycles. The Morgan fingerprint density at radius 1 is 1.30 bits per heavy atom. The standard InChI is InChI=1S/C12H12F3NO3.ClH/c13-12(14,15)10-2-1-8(19-10)4-16-3-7-6-18-11(17)9(7)5-16;/h1-2,7,9H,3-6H2;1H/t7-,9-;/m1./s1. The van der Waals surface area contributed by atoms with Crippen LogP contribution in [0.3, 0.4) is 0 Å². The molecule has 1 aromatic rings. The fourth-order valence-corrected chi connectivity index (χ4v) is 2.66. The van der Waals surface area contributed by atoms with Gasteiger partial charge in [0.15, 0.2) is 0 Å². The molecule has 0 amide bonds. The Kier molecular flexibility index (Phi) is 4.02. The molecule has 8 heteroatoms. The number of ether oxygens (including phenoxy) is 1. The van der Waals surface area contributed by atoms with Gasteiger partial charge in [0.25, 0.3) is 0 Å². The highest BCUT2D eigenvalue weighted by Gasteiger charge is 2.44. The van der Waals surface area contributed by atoms with Crippen molar-refractivity contribution in [2.24, 2.45) is 11.8 Å². The van der Waals surface area contributed by atoms with E-state index in [1.807, 2.05) is 4.90 Å². The van der Waals surface area contributed by atoms with Crippen LogP contribution in [0, 0.1) is 11.8 Å². The van der Waals surface area contributed by atoms with Crippen molar-refractivity contribution >= 4 is 18.4 Å². The fourth-order valence-electron chi connectivity index (χ4n) is 2.66. The minimum Gasteiger partial charge on any atom is -0.465 e. The van der Waals surface area contributed by atoms with Crippen LogP contribution in [0.25, 0.3) is 0 Å². The first-order valence-electron chi connectivity index (χ1n) is 5.98. The molecule has 0 spiro atoms. The van der Waals surface area contributed by atoms with Crippen molar-refractivity contribution in [3.05, 3.63) is 23.7 Å². The molecular weight excluding hydrogens is 299 g/mol. The molecule has 2 fully saturated rings. The molecule has 0 aliphatic carbocycles. The van der Waals surface area contributed by atoms with E-state index in [-0.39, 0.29) is 42.5 Å². The molecule has 2 atom stereocenters. The lowest BCUT2D eigenvalue weighted by molar-refractivity contribution is -0.153. The molecule has 3 heterocycles. The molecule has 4 nitrogen and oxygen atoms in total. The monoisotopic (exact) mass is 311 g/mol. The molecule has 0 unspecified atom stereocenters. The van der Waals surface area contributed by atoms with E-state index in [4.69, 9.17) is 9.15 Å². The number of halogens is 4. The van der Waals surface area contributed by atoms with Crippen molar-refractivity contribution in [3.63, 3.8) is 0 Å². The molecule has 20 heavy (non-hydrogen) atoms. The van der Waals surface area contributed by atoms with Crippen LogP contribution in [-0.2, 0) is 22.3 Å². The second-order valence-electron chi connectivity index (χ2n) is 4.95. The van der Waals surface area contributed by atoms with Gasteiger partial charge in [-0.2, -0.15) is 13.2 Å². The summed E-state index contributed by atoms with van der Waals surface area (Å²) >= 11 is 0. The molecule has 0 N–H and O–H groups in total. The third kappa shape index (κ3) is 2.78. The number of fused-ring (bicyclic) bond motifs is 1. The van der Waals surface area contributed by atoms with Crippen LogP contribution in [0.5, 0.6) is 0 Å². The molecular formula is C12H13ClF3NO3. The minimum atomic E-state index is -4.45. The molecule has 0 radical (unpaired) electrons. The van der Waals surface area contributed by atoms with Gasteiger partial charge in [-0.3, -0.25) is 9.69 Å². The van der Waals surface area contributed by atoms with Crippen LogP contribution < -0.4 is 0 Å². The van der Waals surface area contributed by atoms with E-state index in [2.05, 4.69) is 0 Å². The Balaban J connectivity index is 0.00000147. The number of esters is 1. The van der Waals surface area contributed by atoms with Crippen molar-refractivity contribution in [1.29, 1.82) is 0 Å². The van der Waals surface area contributed by atoms with Crippen LogP contribution in [0.15, 0.2) is 16.5 Å². The predicted molar refractivity (Wildman–Crippen MR) is 64.2 cm³/mol. The number of hydrogen-bond acceptors (Lipinski definition) is 4. The van der Waals surface area contributed by atoms with Crippen molar-refractivity contribution in [2.75, 3.05) is 19.7 Å². The van der Waals surface area contributed by atoms with Crippen LogP contribution in [0.1, 0.15) is 11.5 Å². The predicted octanol–water partition coefficient (Wildman–Crippen LogP) is 2.33. The van der Waals surface area contributed by atoms with Gasteiger partial charge < -0.3 is 9.15 Å². The summed E-state index contributed by atoms with van der Waals surface area (Å²) in [6, 6.07) is 2.26. The number of cyclic esters (lactones) is 1. The number of hydrogen-bond donors (Lipinski definition) is 0. The zero-order valence-corrected chi connectivity index (χ0v) is 11.2. The SMILES string of the molecule is Cl.O=C1OC[C@H]2CN(Cc3ccc(C(F)(F)F)o3)C[C@@H]12. The van der Waals surface area contributed by atoms with Crippen molar-refractivity contribution in [2.45, 2.75) is 12.7 Å². The average Bonchev–Trinajstić information content (AvgIpc) is 2.97. The molecule has 0 bridgehead atoms. The maximum absolute atomic E-state index is 12.4. The second-order valence-corrected chi connectivity index (χ2v) is 4.95. The van der Waals surface area contributed by atoms with E-state index >= 15 is 0 Å². The van der Waals surface area contributed by atoms with Crippen molar-refractivity contribution in [3.8, 4) is 0 Å². The van der Waals surface area contributed by atoms with Crippen molar-refractivity contribution < 1.29 is 27.1 Å². The van der Waals surface area contributed by atoms with Gasteiger partial charge in [0.1, 0.15) is 5.76 Å². The highest BCUT2D eigenvalue weighted by atomic mass is 35.5. The third-order valence-corrected chi connectivity index (χ3v) is 3.58. The number of carbonyl (C=O) groups is 1. The normalized spacial score (nSPS) is 26.2. The zero-order valence-electron chi connectivity index (χ0n) is 10.4. The van der Waals surface area contributed by atoms with Gasteiger partial charge in [-0.15, -0.1) is 12.4 Å². The van der Waals surface area contributed by atoms with Gasteiger partial charge >= 0.3 is 12.1 Å². The van der Waals surface area contributed by atoms with Gasteiger partial charge in [0, 0.05) is 19.0 Å². The van der Waals surface area contributed by atoms with E-state index in [1.165, 1.54) is 6.07 Å². The minimum absolute atomic E-state index is 0. The molecule has 3 rings (SSSR count). The number of likely N-dealkylation sites (tertiary alicyclic amines) is 1. The first-order valence-corrected chi connectivity index (χ1v) is 5.98. The van der Waals surface area contributed by atoms with E-state index in [0.29, 0.717) is 19.7 Å². The average molecular weight is 312 g/mol. The van der Waals surface area contributed by atoms with E-state index in [1.54, 1.807) is 0 Å². The zero-order chi connectivity index (χ0) is 13.6. The Morgan fingerprint density at radius 2 is 2.05 bits per heavy atom. The number of furan rings is 1. The Hall–Kier alpha value is -1.21. The summed E-state index contributed by atoms with van der Waals surface area (Å²) in [5.41, 5.74) is 0. The molecule has 0 aromatic carbocycles. The highest BCUT2D eigenvalue weighted by molar-refractivity contribution is 5.85. The molecule has 112 valence electrons. The maximum atomic E-state index is 12.4. The number of rotatable bonds is 2. The van der Waals surface area contributed by atoms with E-state index < -0.39 is 11.9 Å². The Morgan fingerprint density at radius 3 is 2.65 bits per heavy atom. The first-order chi connectivity index (χ1) is 8.93. The fraction of sp³-hybridized carbons (Fsp3) is 0.583. The number of alkyl halides is 3. The smallest absolute Gasteiger partial charge is 0.449 e. The summed E-state index contributed by atoms with van der Waals surface area (Å²) in [5, 5.41) is 0. The quantitative estimate of drug-likeness (QED) is 0.786. The third-order valence-electron chi connectivity index (χ3n) is 3.58. The van der Waals surface area contributed by atoms with Crippen LogP contribution in [0.4, 0.5) is 13.2 Å². The largest absolute Gasteiger partial charge is 0.465 e. The van der Waals surface area contributed by atoms with Crippen LogP contribution >= 0.6 is 12.4 Å². The van der Waals surface area contributed by atoms with Gasteiger partial charge in [0.05, 0.1) is 19.1 Å². The lowest BCUT2D eigenvalue weighted by atomic mass is 10.0. The second kappa shape index (κ2) is 5.29. The summed E-state index contributed by atoms with van der Waals surface area (Å²) in [4.78, 5) is 13.3. The first kappa shape index (κ1) is 15.2. The molecule has 2 aliphatic heterocycles. The summed E-state index contributed by atoms with van der Waals surface area (Å²) in [6.07, 6.45) is -4.45. The van der Waals surface area contributed by atoms with Crippen LogP contribution in [0.2, 0.25) is 0 Å². The lowest BCUT2D eigenvalue weighted by Crippen LogP contribution is -2.23. The number of carbonyl (C=O) groups excluding carboxylic acids is 1. The van der Waals surface area contributed by atoms with Gasteiger partial charge in [-0.25, -0.2) is 0 Å². The summed E-state index contributed by atoms with van der Waals surface area (Å²) in [5.74, 6) is -0.911. The van der Waals surface area contributed by atoms with Crippen molar-refractivity contribution in [1.82, 2.24) is 4.90 Å². The lowest BCUT2D eigenvalue weighted by Gasteiger charge is -2.14. The van der Waals surface area contributed by atoms with E-state index in [0.717, 1.165) is 6.07 Å². The Labute approximate surface area is 119 Å². The van der Waals surface area contributed by atoms with Gasteiger partial charge in [-0.05, 0) is 12.1 Å². The van der Waals surface area contributed by atoms with Gasteiger partial charge in [-0.1, -0.05) is 0 Å². The summed E-state index contributed by atoms with van der Waals surface area (Å²) in [6.45, 7) is 1.87. The van der Waals surface area contributed by atoms with E-state index in [9.17, 15) is 18.0 Å². The summed E-state index contributed by atoms with van der Waals surface area (Å²) in [7, 11) is 0. The summed E-state index contributed by atoms with van der Waals surface area (Å²) < 4.78 is 46.9. The molecule has 0 saturated carbocycles. The highest BCUT2D eigenvalue weighted by Crippen LogP contribution is 2.33. The molecule has 2 aliphatic rings. The maximum Gasteiger partial charge on any atom is 0.449 e. The number of nitrogens with zero attached hydrogens (tertiary/aromatic N) is 1. The van der Waals surface area contributed by atoms with Gasteiger partial charge in [0.2, 0.25) is 5.76 Å². The topological polar surface area (TPSA) is 42.7 Å². The Bertz CT molecular complexity index is 502. The van der Waals surface area contributed by atoms with Crippen LogP contribution in [-0.4, -0.2) is 30.6 Å².